The zero-order chi connectivity index (χ0) is 36.3. The van der Waals surface area contributed by atoms with Crippen LogP contribution in [0.2, 0.25) is 56.9 Å². The Kier molecular flexibility index (Phi) is 15.8. The molecule has 2 aromatic rings. The van der Waals surface area contributed by atoms with Gasteiger partial charge in [-0.2, -0.15) is 26.3 Å². The van der Waals surface area contributed by atoms with Gasteiger partial charge < -0.3 is 27.9 Å². The van der Waals surface area contributed by atoms with Crippen LogP contribution < -0.4 is 21.8 Å². The third kappa shape index (κ3) is 14.1. The first-order valence-electron chi connectivity index (χ1n) is 16.2. The van der Waals surface area contributed by atoms with Crippen LogP contribution in [0.25, 0.3) is 0 Å². The van der Waals surface area contributed by atoms with Crippen LogP contribution in [-0.2, 0) is 16.5 Å². The smallest absolute Gasteiger partial charge is 0.389 e. The highest BCUT2D eigenvalue weighted by atomic mass is 28.5. The summed E-state index contributed by atoms with van der Waals surface area (Å²) in [6, 6.07) is 18.3. The first kappa shape index (κ1) is 42.8. The van der Waals surface area contributed by atoms with Crippen LogP contribution in [0, 0.1) is 0 Å². The molecule has 0 aliphatic heterocycles. The van der Waals surface area contributed by atoms with Crippen molar-refractivity contribution in [1.29, 1.82) is 0 Å². The molecule has 6 nitrogen and oxygen atoms in total. The molecule has 0 aliphatic rings. The Balaban J connectivity index is 2.84. The minimum absolute atomic E-state index is 0.311. The Morgan fingerprint density at radius 2 is 1.00 bits per heavy atom. The SMILES string of the molecule is C=C[Si](C)(O[Si](CCC(F)(F)F)(CCC(F)(F)F)O[Si](C)(C)CCCN)O[Si](O[Si](C)(C)CCCN)(c1ccccc1)c1ccccc1. The molecule has 48 heavy (non-hydrogen) atoms. The molecule has 0 aliphatic carbocycles. The number of halogens is 6. The lowest BCUT2D eigenvalue weighted by molar-refractivity contribution is -0.133. The monoisotopic (exact) mass is 770 g/mol. The summed E-state index contributed by atoms with van der Waals surface area (Å²) in [5.74, 6) is 0. The molecule has 2 aromatic carbocycles. The van der Waals surface area contributed by atoms with Gasteiger partial charge in [-0.3, -0.25) is 0 Å². The summed E-state index contributed by atoms with van der Waals surface area (Å²) in [5, 5.41) is 1.45. The predicted octanol–water partition coefficient (Wildman–Crippen LogP) is 7.56. The van der Waals surface area contributed by atoms with Gasteiger partial charge in [0.2, 0.25) is 0 Å². The fourth-order valence-electron chi connectivity index (χ4n) is 5.56. The van der Waals surface area contributed by atoms with Crippen LogP contribution in [0.5, 0.6) is 0 Å². The summed E-state index contributed by atoms with van der Waals surface area (Å²) in [4.78, 5) is 0. The molecule has 1 unspecified atom stereocenters. The molecule has 0 amide bonds. The van der Waals surface area contributed by atoms with E-state index in [1.165, 1.54) is 5.70 Å². The second kappa shape index (κ2) is 17.7. The standard InChI is InChI=1S/C31H52F6N2O4Si5/c1-7-46(6,42-47(26-20-30(32,33)34,27-21-31(35,36)37)40-44(2,3)24-14-22-38)43-48(28-16-10-8-11-17-28,29-18-12-9-13-19-29)41-45(4,5)25-15-23-39/h7-13,16-19H,1,14-15,20-27,38-39H2,2-6H3. The zero-order valence-corrected chi connectivity index (χ0v) is 33.7. The van der Waals surface area contributed by atoms with Gasteiger partial charge in [0.1, 0.15) is 0 Å². The average molecular weight is 771 g/mol. The van der Waals surface area contributed by atoms with Gasteiger partial charge in [-0.05, 0) is 93.2 Å². The van der Waals surface area contributed by atoms with E-state index in [4.69, 9.17) is 27.9 Å². The van der Waals surface area contributed by atoms with E-state index in [2.05, 4.69) is 6.58 Å². The number of nitrogens with two attached hydrogens (primary N) is 2. The van der Waals surface area contributed by atoms with E-state index in [1.807, 2.05) is 73.8 Å². The molecule has 0 bridgehead atoms. The van der Waals surface area contributed by atoms with E-state index in [0.29, 0.717) is 38.0 Å². The number of hydrogen-bond donors (Lipinski definition) is 2. The van der Waals surface area contributed by atoms with Gasteiger partial charge in [0.25, 0.3) is 0 Å². The highest BCUT2D eigenvalue weighted by molar-refractivity contribution is 7.03. The third-order valence-corrected chi connectivity index (χ3v) is 28.8. The minimum Gasteiger partial charge on any atom is -0.436 e. The summed E-state index contributed by atoms with van der Waals surface area (Å²) in [6.45, 7) is 14.0. The van der Waals surface area contributed by atoms with Crippen molar-refractivity contribution in [3.8, 4) is 0 Å². The average Bonchev–Trinajstić information content (AvgIpc) is 3.00. The molecule has 17 heteroatoms. The van der Waals surface area contributed by atoms with Crippen molar-refractivity contribution in [2.24, 2.45) is 11.5 Å². The first-order chi connectivity index (χ1) is 22.1. The first-order valence-corrected chi connectivity index (χ1v) is 28.9. The Morgan fingerprint density at radius 3 is 1.35 bits per heavy atom. The fourth-order valence-corrected chi connectivity index (χ4v) is 29.9. The molecule has 0 saturated carbocycles. The lowest BCUT2D eigenvalue weighted by Crippen LogP contribution is -2.72. The maximum Gasteiger partial charge on any atom is 0.389 e. The summed E-state index contributed by atoms with van der Waals surface area (Å²) in [5.41, 5.74) is 13.0. The van der Waals surface area contributed by atoms with E-state index in [9.17, 15) is 26.3 Å². The van der Waals surface area contributed by atoms with Crippen LogP contribution >= 0.6 is 0 Å². The number of alkyl halides is 6. The van der Waals surface area contributed by atoms with Crippen molar-refractivity contribution in [3.05, 3.63) is 72.9 Å². The van der Waals surface area contributed by atoms with Gasteiger partial charge in [0, 0.05) is 12.8 Å². The third-order valence-electron chi connectivity index (χ3n) is 7.84. The normalized spacial score (nSPS) is 14.9. The lowest BCUT2D eigenvalue weighted by Gasteiger charge is -2.47. The van der Waals surface area contributed by atoms with Crippen molar-refractivity contribution in [3.63, 3.8) is 0 Å². The molecule has 0 heterocycles. The quantitative estimate of drug-likeness (QED) is 0.101. The fraction of sp³-hybridized carbons (Fsp3) is 0.548. The molecule has 1 atom stereocenters. The Morgan fingerprint density at radius 1 is 0.604 bits per heavy atom. The van der Waals surface area contributed by atoms with Crippen LogP contribution in [0.15, 0.2) is 72.9 Å². The predicted molar refractivity (Wildman–Crippen MR) is 193 cm³/mol. The molecule has 272 valence electrons. The second-order valence-corrected chi connectivity index (χ2v) is 32.4. The molecule has 0 spiro atoms. The lowest BCUT2D eigenvalue weighted by atomic mass is 10.4. The van der Waals surface area contributed by atoms with Crippen molar-refractivity contribution >= 4 is 52.7 Å². The maximum absolute atomic E-state index is 13.8. The summed E-state index contributed by atoms with van der Waals surface area (Å²) in [7, 11) is -17.5. The van der Waals surface area contributed by atoms with Gasteiger partial charge in [0.05, 0.1) is 0 Å². The maximum atomic E-state index is 13.8. The van der Waals surface area contributed by atoms with Crippen LogP contribution in [-0.4, -0.2) is 67.8 Å². The minimum atomic E-state index is -4.65. The van der Waals surface area contributed by atoms with E-state index in [1.54, 1.807) is 19.6 Å². The Bertz CT molecular complexity index is 1200. The van der Waals surface area contributed by atoms with E-state index < -0.39 is 79.6 Å². The van der Waals surface area contributed by atoms with E-state index in [0.717, 1.165) is 10.4 Å². The van der Waals surface area contributed by atoms with Gasteiger partial charge in [-0.15, -0.1) is 6.58 Å². The molecule has 0 aromatic heterocycles. The molecular formula is C31H52F6N2O4Si5. The van der Waals surface area contributed by atoms with Gasteiger partial charge in [0.15, 0.2) is 16.6 Å². The summed E-state index contributed by atoms with van der Waals surface area (Å²) >= 11 is 0. The molecule has 0 radical (unpaired) electrons. The topological polar surface area (TPSA) is 89.0 Å². The van der Waals surface area contributed by atoms with Crippen molar-refractivity contribution < 1.29 is 42.8 Å². The van der Waals surface area contributed by atoms with Crippen molar-refractivity contribution in [2.45, 2.75) is 94.9 Å². The van der Waals surface area contributed by atoms with Crippen LogP contribution in [0.3, 0.4) is 0 Å². The number of benzene rings is 2. The van der Waals surface area contributed by atoms with Gasteiger partial charge >= 0.3 is 38.0 Å². The molecule has 0 saturated heterocycles. The number of hydrogen-bond acceptors (Lipinski definition) is 6. The van der Waals surface area contributed by atoms with Crippen LogP contribution in [0.4, 0.5) is 26.3 Å². The summed E-state index contributed by atoms with van der Waals surface area (Å²) in [6.07, 6.45) is -10.8. The zero-order valence-electron chi connectivity index (χ0n) is 28.7. The highest BCUT2D eigenvalue weighted by Crippen LogP contribution is 2.39. The second-order valence-electron chi connectivity index (χ2n) is 13.4. The van der Waals surface area contributed by atoms with Crippen LogP contribution in [0.1, 0.15) is 25.7 Å². The van der Waals surface area contributed by atoms with Gasteiger partial charge in [-0.25, -0.2) is 0 Å². The molecular weight excluding hydrogens is 719 g/mol. The van der Waals surface area contributed by atoms with Gasteiger partial charge in [-0.1, -0.05) is 66.4 Å². The Hall–Kier alpha value is -1.40. The molecule has 4 N–H and O–H groups in total. The molecule has 2 rings (SSSR count). The highest BCUT2D eigenvalue weighted by Gasteiger charge is 2.56. The number of rotatable bonds is 21. The van der Waals surface area contributed by atoms with E-state index in [-0.39, 0.29) is 0 Å². The molecule has 0 fully saturated rings. The Labute approximate surface area is 287 Å². The summed E-state index contributed by atoms with van der Waals surface area (Å²) < 4.78 is 111. The van der Waals surface area contributed by atoms with Crippen molar-refractivity contribution in [2.75, 3.05) is 13.1 Å². The van der Waals surface area contributed by atoms with Crippen molar-refractivity contribution in [1.82, 2.24) is 0 Å². The van der Waals surface area contributed by atoms with E-state index >= 15 is 0 Å². The largest absolute Gasteiger partial charge is 0.436 e.